The molecule has 0 aliphatic heterocycles. The van der Waals surface area contributed by atoms with Crippen LogP contribution in [0.25, 0.3) is 10.9 Å². The van der Waals surface area contributed by atoms with Crippen molar-refractivity contribution in [1.29, 1.82) is 0 Å². The molecule has 4 N–H and O–H groups in total. The van der Waals surface area contributed by atoms with Gasteiger partial charge < -0.3 is 35.5 Å². The molecular formula is C27H27F4N10O4+. The summed E-state index contributed by atoms with van der Waals surface area (Å²) in [6.45, 7) is 0.557. The number of aromatic nitrogens is 5. The summed E-state index contributed by atoms with van der Waals surface area (Å²) in [5.74, 6) is -2.69. The van der Waals surface area contributed by atoms with Gasteiger partial charge in [-0.3, -0.25) is 9.59 Å². The highest BCUT2D eigenvalue weighted by Gasteiger charge is 2.34. The van der Waals surface area contributed by atoms with Gasteiger partial charge in [-0.1, -0.05) is 0 Å². The van der Waals surface area contributed by atoms with Gasteiger partial charge >= 0.3 is 12.0 Å². The van der Waals surface area contributed by atoms with Crippen LogP contribution in [0.15, 0.2) is 55.3 Å². The summed E-state index contributed by atoms with van der Waals surface area (Å²) in [7, 11) is 3.57. The van der Waals surface area contributed by atoms with Crippen LogP contribution in [0.1, 0.15) is 17.7 Å². The molecule has 3 aromatic heterocycles. The lowest BCUT2D eigenvalue weighted by atomic mass is 10.1. The lowest BCUT2D eigenvalue weighted by Crippen LogP contribution is -2.39. The summed E-state index contributed by atoms with van der Waals surface area (Å²) in [5, 5.41) is 17.1. The van der Waals surface area contributed by atoms with E-state index in [4.69, 9.17) is 5.73 Å². The van der Waals surface area contributed by atoms with Crippen LogP contribution in [0.4, 0.5) is 40.7 Å². The number of nitrogens with two attached hydrogens (primary N) is 1. The predicted molar refractivity (Wildman–Crippen MR) is 153 cm³/mol. The molecule has 0 aliphatic carbocycles. The van der Waals surface area contributed by atoms with Gasteiger partial charge in [-0.15, -0.1) is 0 Å². The zero-order chi connectivity index (χ0) is 32.9. The van der Waals surface area contributed by atoms with E-state index in [0.29, 0.717) is 28.7 Å². The number of nitrogens with zero attached hydrogens (tertiary/aromatic N) is 7. The molecule has 45 heavy (non-hydrogen) atoms. The Kier molecular flexibility index (Phi) is 9.36. The number of halogens is 4. The van der Waals surface area contributed by atoms with Crippen LogP contribution >= 0.6 is 0 Å². The quantitative estimate of drug-likeness (QED) is 0.0690. The van der Waals surface area contributed by atoms with Crippen LogP contribution < -0.4 is 16.4 Å². The van der Waals surface area contributed by atoms with Crippen molar-refractivity contribution >= 4 is 45.9 Å². The van der Waals surface area contributed by atoms with Crippen LogP contribution in [-0.2, 0) is 28.9 Å². The average molecular weight is 632 g/mol. The standard InChI is InChI=1S/C27H26F4N10O4/c1-41(2,13-21-26(40(44)45)36-15-39(21)8-7-22(32)42)9-3-4-24(43)38-23-11-17-20(12-33-23)34-14-35-25(17)37-16-5-6-19(28)18(10-16)27(29,30)31/h3-6,10-12,14-15H,7-9,13H2,1-2H3,(H3-,32,33,34,35,37,38,42,43)/p+1/b4-3+. The number of alkyl halides is 3. The summed E-state index contributed by atoms with van der Waals surface area (Å²) < 4.78 is 54.9. The molecule has 0 atom stereocenters. The number of nitrogens with one attached hydrogen (secondary N) is 2. The fraction of sp³-hybridized carbons (Fsp3) is 0.259. The monoisotopic (exact) mass is 631 g/mol. The molecule has 0 radical (unpaired) electrons. The first kappa shape index (κ1) is 32.4. The first-order chi connectivity index (χ1) is 21.1. The summed E-state index contributed by atoms with van der Waals surface area (Å²) in [4.78, 5) is 50.8. The smallest absolute Gasteiger partial charge is 0.370 e. The number of fused-ring (bicyclic) bond motifs is 1. The van der Waals surface area contributed by atoms with Gasteiger partial charge in [0.05, 0.1) is 37.9 Å². The molecule has 4 rings (SSSR count). The second-order valence-corrected chi connectivity index (χ2v) is 10.5. The molecule has 0 aliphatic rings. The van der Waals surface area contributed by atoms with E-state index in [2.05, 4.69) is 30.6 Å². The Balaban J connectivity index is 1.45. The molecule has 2 amide bonds. The minimum Gasteiger partial charge on any atom is -0.370 e. The summed E-state index contributed by atoms with van der Waals surface area (Å²) in [6, 6.07) is 3.85. The van der Waals surface area contributed by atoms with E-state index in [1.807, 2.05) is 0 Å². The normalized spacial score (nSPS) is 12.0. The first-order valence-corrected chi connectivity index (χ1v) is 13.1. The number of pyridine rings is 1. The van der Waals surface area contributed by atoms with Crippen LogP contribution in [0, 0.1) is 15.9 Å². The number of primary amides is 1. The minimum absolute atomic E-state index is 0.0221. The van der Waals surface area contributed by atoms with Gasteiger partial charge in [0, 0.05) is 30.1 Å². The number of hydrogen-bond donors (Lipinski definition) is 3. The van der Waals surface area contributed by atoms with E-state index in [0.717, 1.165) is 6.07 Å². The molecule has 3 heterocycles. The maximum absolute atomic E-state index is 13.7. The highest BCUT2D eigenvalue weighted by atomic mass is 19.4. The second kappa shape index (κ2) is 13.0. The average Bonchev–Trinajstić information content (AvgIpc) is 3.34. The topological polar surface area (TPSA) is 184 Å². The largest absolute Gasteiger partial charge is 0.419 e. The highest BCUT2D eigenvalue weighted by molar-refractivity contribution is 6.00. The zero-order valence-corrected chi connectivity index (χ0v) is 23.9. The van der Waals surface area contributed by atoms with Crippen molar-refractivity contribution in [2.75, 3.05) is 31.3 Å². The number of carbonyl (C=O) groups excluding carboxylic acids is 2. The number of benzene rings is 1. The van der Waals surface area contributed by atoms with Crippen LogP contribution in [0.2, 0.25) is 0 Å². The summed E-state index contributed by atoms with van der Waals surface area (Å²) in [6.07, 6.45) is 1.68. The van der Waals surface area contributed by atoms with E-state index in [1.54, 1.807) is 20.2 Å². The highest BCUT2D eigenvalue weighted by Crippen LogP contribution is 2.34. The summed E-state index contributed by atoms with van der Waals surface area (Å²) >= 11 is 0. The number of hydrogen-bond acceptors (Lipinski definition) is 9. The number of anilines is 3. The van der Waals surface area contributed by atoms with Gasteiger partial charge in [0.15, 0.2) is 5.69 Å². The molecule has 0 spiro atoms. The molecule has 0 fully saturated rings. The number of quaternary nitrogens is 1. The molecule has 18 heteroatoms. The van der Waals surface area contributed by atoms with Crippen molar-refractivity contribution < 1.29 is 36.6 Å². The molecule has 4 aromatic rings. The Bertz CT molecular complexity index is 1790. The van der Waals surface area contributed by atoms with Gasteiger partial charge in [0.1, 0.15) is 30.3 Å². The molecule has 0 saturated heterocycles. The minimum atomic E-state index is -4.90. The molecule has 0 bridgehead atoms. The number of amides is 2. The third kappa shape index (κ3) is 8.31. The van der Waals surface area contributed by atoms with Crippen molar-refractivity contribution in [2.24, 2.45) is 5.73 Å². The number of nitro groups is 1. The Morgan fingerprint density at radius 1 is 1.16 bits per heavy atom. The van der Waals surface area contributed by atoms with Crippen molar-refractivity contribution in [3.05, 3.63) is 82.5 Å². The van der Waals surface area contributed by atoms with Crippen molar-refractivity contribution in [3.63, 3.8) is 0 Å². The van der Waals surface area contributed by atoms with E-state index in [-0.39, 0.29) is 53.7 Å². The van der Waals surface area contributed by atoms with E-state index >= 15 is 0 Å². The third-order valence-corrected chi connectivity index (χ3v) is 6.45. The van der Waals surface area contributed by atoms with Crippen molar-refractivity contribution in [2.45, 2.75) is 25.7 Å². The van der Waals surface area contributed by atoms with Gasteiger partial charge in [-0.25, -0.2) is 19.3 Å². The van der Waals surface area contributed by atoms with Crippen LogP contribution in [0.3, 0.4) is 0 Å². The van der Waals surface area contributed by atoms with Gasteiger partial charge in [0.2, 0.25) is 18.1 Å². The number of aryl methyl sites for hydroxylation is 1. The molecule has 236 valence electrons. The van der Waals surface area contributed by atoms with E-state index in [1.165, 1.54) is 35.6 Å². The number of imidazole rings is 1. The number of rotatable bonds is 12. The molecular weight excluding hydrogens is 604 g/mol. The molecule has 14 nitrogen and oxygen atoms in total. The molecule has 1 aromatic carbocycles. The van der Waals surface area contributed by atoms with Crippen molar-refractivity contribution in [3.8, 4) is 0 Å². The predicted octanol–water partition coefficient (Wildman–Crippen LogP) is 3.68. The summed E-state index contributed by atoms with van der Waals surface area (Å²) in [5.41, 5.74) is 4.31. The fourth-order valence-corrected chi connectivity index (χ4v) is 4.30. The maximum Gasteiger partial charge on any atom is 0.419 e. The third-order valence-electron chi connectivity index (χ3n) is 6.45. The van der Waals surface area contributed by atoms with Gasteiger partial charge in [-0.2, -0.15) is 13.2 Å². The van der Waals surface area contributed by atoms with Crippen molar-refractivity contribution in [1.82, 2.24) is 24.5 Å². The lowest BCUT2D eigenvalue weighted by Gasteiger charge is -2.28. The molecule has 0 unspecified atom stereocenters. The Morgan fingerprint density at radius 2 is 1.91 bits per heavy atom. The Hall–Kier alpha value is -5.52. The lowest BCUT2D eigenvalue weighted by molar-refractivity contribution is -0.898. The van der Waals surface area contributed by atoms with E-state index in [9.17, 15) is 37.3 Å². The molecule has 0 saturated carbocycles. The van der Waals surface area contributed by atoms with Crippen LogP contribution in [-0.4, -0.2) is 66.4 Å². The van der Waals surface area contributed by atoms with E-state index < -0.39 is 34.3 Å². The number of carbonyl (C=O) groups is 2. The Morgan fingerprint density at radius 3 is 2.60 bits per heavy atom. The zero-order valence-electron chi connectivity index (χ0n) is 23.9. The SMILES string of the molecule is C[N+](C)(C/C=C/C(=O)Nc1cc2c(Nc3ccc(F)c(C(F)(F)F)c3)ncnc2cn1)Cc1c([N+](=O)[O-])ncn1CCC(N)=O. The first-order valence-electron chi connectivity index (χ1n) is 13.1. The second-order valence-electron chi connectivity index (χ2n) is 10.5. The van der Waals surface area contributed by atoms with Crippen LogP contribution in [0.5, 0.6) is 0 Å². The number of likely N-dealkylation sites (N-methyl/N-ethyl adjacent to an activating group) is 1. The maximum atomic E-state index is 13.7. The van der Waals surface area contributed by atoms with Gasteiger partial charge in [0.25, 0.3) is 0 Å². The van der Waals surface area contributed by atoms with Gasteiger partial charge in [-0.05, 0) is 40.2 Å². The Labute approximate surface area is 252 Å². The fourth-order valence-electron chi connectivity index (χ4n) is 4.30.